The zero-order valence-corrected chi connectivity index (χ0v) is 29.9. The van der Waals surface area contributed by atoms with E-state index in [1.54, 1.807) is 0 Å². The lowest BCUT2D eigenvalue weighted by atomic mass is 9.85. The van der Waals surface area contributed by atoms with Crippen LogP contribution in [-0.2, 0) is 34.2 Å². The average Bonchev–Trinajstić information content (AvgIpc) is 3.66. The van der Waals surface area contributed by atoms with Crippen molar-refractivity contribution in [3.63, 3.8) is 0 Å². The highest BCUT2D eigenvalue weighted by molar-refractivity contribution is 5.86. The van der Waals surface area contributed by atoms with Crippen LogP contribution in [0.3, 0.4) is 0 Å². The normalized spacial score (nSPS) is 20.7. The first-order chi connectivity index (χ1) is 24.5. The van der Waals surface area contributed by atoms with Crippen LogP contribution < -0.4 is 5.11 Å². The number of benzene rings is 2. The number of nitrogens with zero attached hydrogens (tertiary/aromatic N) is 1. The lowest BCUT2D eigenvalue weighted by Gasteiger charge is -2.47. The minimum atomic E-state index is -5.19. The number of halogens is 3. The van der Waals surface area contributed by atoms with Gasteiger partial charge in [0.2, 0.25) is 5.60 Å². The third kappa shape index (κ3) is 10.8. The molecule has 0 aromatic heterocycles. The number of hydrogen-bond donors (Lipinski definition) is 0. The lowest BCUT2D eigenvalue weighted by molar-refractivity contribution is -0.956. The van der Waals surface area contributed by atoms with E-state index >= 15 is 0 Å². The molecule has 3 heterocycles. The van der Waals surface area contributed by atoms with Crippen molar-refractivity contribution in [1.82, 2.24) is 0 Å². The van der Waals surface area contributed by atoms with Crippen molar-refractivity contribution in [2.24, 2.45) is 0 Å². The Morgan fingerprint density at radius 3 is 1.71 bits per heavy atom. The number of rotatable bonds is 17. The maximum absolute atomic E-state index is 14.4. The smallest absolute Gasteiger partial charge is 0.430 e. The Kier molecular flexibility index (Phi) is 15.4. The number of carboxylic acid groups (broad SMARTS) is 1. The molecule has 0 amide bonds. The van der Waals surface area contributed by atoms with Gasteiger partial charge in [-0.2, -0.15) is 13.2 Å². The second kappa shape index (κ2) is 19.4. The van der Waals surface area contributed by atoms with Crippen molar-refractivity contribution in [3.05, 3.63) is 71.8 Å². The van der Waals surface area contributed by atoms with Crippen LogP contribution in [0.4, 0.5) is 13.2 Å². The first kappa shape index (κ1) is 40.3. The predicted molar refractivity (Wildman–Crippen MR) is 184 cm³/mol. The summed E-state index contributed by atoms with van der Waals surface area (Å²) in [6.07, 6.45) is 12.7. The zero-order chi connectivity index (χ0) is 36.7. The molecule has 282 valence electrons. The summed E-state index contributed by atoms with van der Waals surface area (Å²) in [6, 6.07) is 20.2. The molecule has 0 N–H and O–H groups in total. The van der Waals surface area contributed by atoms with Crippen LogP contribution in [-0.4, -0.2) is 66.6 Å². The summed E-state index contributed by atoms with van der Waals surface area (Å²) >= 11 is 0. The van der Waals surface area contributed by atoms with Crippen LogP contribution in [0.1, 0.15) is 121 Å². The van der Waals surface area contributed by atoms with E-state index in [0.717, 1.165) is 32.1 Å². The van der Waals surface area contributed by atoms with Crippen LogP contribution >= 0.6 is 0 Å². The van der Waals surface area contributed by atoms with E-state index in [1.165, 1.54) is 81.8 Å². The number of piperidine rings is 1. The van der Waals surface area contributed by atoms with E-state index < -0.39 is 23.7 Å². The summed E-state index contributed by atoms with van der Waals surface area (Å²) in [5.41, 5.74) is -0.183. The number of hydrogen-bond acceptors (Lipinski definition) is 7. The predicted octanol–water partition coefficient (Wildman–Crippen LogP) is 7.51. The highest BCUT2D eigenvalue weighted by atomic mass is 19.4. The summed E-state index contributed by atoms with van der Waals surface area (Å²) in [7, 11) is 0. The van der Waals surface area contributed by atoms with E-state index in [1.807, 2.05) is 60.7 Å². The molecule has 11 heteroatoms. The Bertz CT molecular complexity index is 1310. The number of carbonyl (C=O) groups excluding carboxylic acids is 3. The van der Waals surface area contributed by atoms with Crippen LogP contribution in [0.2, 0.25) is 0 Å². The van der Waals surface area contributed by atoms with E-state index in [9.17, 15) is 22.8 Å². The molecule has 3 aliphatic heterocycles. The zero-order valence-electron chi connectivity index (χ0n) is 29.9. The van der Waals surface area contributed by atoms with Crippen molar-refractivity contribution in [2.75, 3.05) is 19.9 Å². The van der Waals surface area contributed by atoms with Crippen molar-refractivity contribution in [1.29, 1.82) is 0 Å². The fraction of sp³-hybridized carbons (Fsp3) is 0.625. The first-order valence-electron chi connectivity index (χ1n) is 18.8. The standard InChI is InChI=1S/C38H54NO5.C2HF3O2/c1-2-3-4-5-6-7-8-9-16-23-36(40)42-30-43-38(31-19-12-10-13-20-31,32-21-14-11-15-22-32)37(41)44-35-28-33-24-25-34(29-35)39(33)26-17-18-27-39;3-2(4,5)1(6)7/h10-15,19-22,33-35H,2-9,16-18,23-30H2,1H3;(H,6,7)/q+1;/p-1. The minimum absolute atomic E-state index is 0.131. The van der Waals surface area contributed by atoms with Gasteiger partial charge in [0.05, 0.1) is 25.2 Å². The Hall–Kier alpha value is -3.44. The molecule has 3 aliphatic rings. The maximum atomic E-state index is 14.4. The first-order valence-corrected chi connectivity index (χ1v) is 18.8. The molecule has 3 saturated heterocycles. The monoisotopic (exact) mass is 717 g/mol. The molecule has 3 fully saturated rings. The highest BCUT2D eigenvalue weighted by Crippen LogP contribution is 2.47. The molecule has 2 aromatic rings. The van der Waals surface area contributed by atoms with Gasteiger partial charge in [-0.05, 0) is 17.5 Å². The minimum Gasteiger partial charge on any atom is -0.542 e. The molecule has 51 heavy (non-hydrogen) atoms. The molecule has 2 aromatic carbocycles. The Morgan fingerprint density at radius 1 is 0.765 bits per heavy atom. The van der Waals surface area contributed by atoms with Gasteiger partial charge in [0.15, 0.2) is 6.79 Å². The second-order valence-electron chi connectivity index (χ2n) is 14.2. The fourth-order valence-corrected chi connectivity index (χ4v) is 8.35. The molecule has 8 nitrogen and oxygen atoms in total. The van der Waals surface area contributed by atoms with Gasteiger partial charge in [0.25, 0.3) is 0 Å². The number of quaternary nitrogens is 1. The van der Waals surface area contributed by atoms with Crippen molar-refractivity contribution in [2.45, 2.75) is 140 Å². The third-order valence-electron chi connectivity index (χ3n) is 10.9. The number of carboxylic acids is 1. The highest BCUT2D eigenvalue weighted by Gasteiger charge is 2.57. The number of esters is 2. The second-order valence-corrected chi connectivity index (χ2v) is 14.2. The summed E-state index contributed by atoms with van der Waals surface area (Å²) in [6.45, 7) is 4.48. The molecular weight excluding hydrogens is 663 g/mol. The van der Waals surface area contributed by atoms with E-state index in [2.05, 4.69) is 6.92 Å². The van der Waals surface area contributed by atoms with Gasteiger partial charge < -0.3 is 28.6 Å². The molecule has 1 spiro atoms. The molecule has 2 unspecified atom stereocenters. The van der Waals surface area contributed by atoms with E-state index in [-0.39, 0.29) is 18.9 Å². The molecule has 2 atom stereocenters. The van der Waals surface area contributed by atoms with Gasteiger partial charge in [0.1, 0.15) is 12.1 Å². The number of aliphatic carboxylic acids is 1. The number of ether oxygens (including phenoxy) is 3. The van der Waals surface area contributed by atoms with Crippen LogP contribution in [0.15, 0.2) is 60.7 Å². The van der Waals surface area contributed by atoms with Gasteiger partial charge in [-0.25, -0.2) is 4.79 Å². The van der Waals surface area contributed by atoms with E-state index in [4.69, 9.17) is 24.1 Å². The van der Waals surface area contributed by atoms with Crippen molar-refractivity contribution >= 4 is 17.9 Å². The Balaban J connectivity index is 0.000000755. The molecule has 0 aliphatic carbocycles. The maximum Gasteiger partial charge on any atom is 0.430 e. The van der Waals surface area contributed by atoms with Gasteiger partial charge in [-0.1, -0.05) is 119 Å². The lowest BCUT2D eigenvalue weighted by Crippen LogP contribution is -2.60. The molecular formula is C40H54F3NO7. The van der Waals surface area contributed by atoms with Gasteiger partial charge in [-0.15, -0.1) is 0 Å². The number of unbranched alkanes of at least 4 members (excludes halogenated alkanes) is 8. The molecule has 5 rings (SSSR count). The van der Waals surface area contributed by atoms with Crippen LogP contribution in [0, 0.1) is 0 Å². The van der Waals surface area contributed by atoms with Gasteiger partial charge in [0, 0.05) is 44.9 Å². The topological polar surface area (TPSA) is 102 Å². The number of carbonyl (C=O) groups is 3. The number of alkyl halides is 3. The van der Waals surface area contributed by atoms with Crippen LogP contribution in [0.25, 0.3) is 0 Å². The average molecular weight is 718 g/mol. The van der Waals surface area contributed by atoms with Crippen LogP contribution in [0.5, 0.6) is 0 Å². The Labute approximate surface area is 300 Å². The summed E-state index contributed by atoms with van der Waals surface area (Å²) in [4.78, 5) is 35.9. The largest absolute Gasteiger partial charge is 0.542 e. The fourth-order valence-electron chi connectivity index (χ4n) is 8.35. The molecule has 0 saturated carbocycles. The SMILES string of the molecule is CCCCCCCCCCCC(=O)OCOC(C(=O)OC1CC2CCC(C1)[N+]21CCCC1)(c1ccccc1)c1ccccc1.O=C([O-])C(F)(F)F. The van der Waals surface area contributed by atoms with E-state index in [0.29, 0.717) is 29.6 Å². The van der Waals surface area contributed by atoms with Gasteiger partial charge >= 0.3 is 18.1 Å². The quantitative estimate of drug-likeness (QED) is 0.0723. The third-order valence-corrected chi connectivity index (χ3v) is 10.9. The van der Waals surface area contributed by atoms with Crippen molar-refractivity contribution in [3.8, 4) is 0 Å². The summed E-state index contributed by atoms with van der Waals surface area (Å²) < 4.78 is 51.2. The summed E-state index contributed by atoms with van der Waals surface area (Å²) in [5.74, 6) is -3.73. The summed E-state index contributed by atoms with van der Waals surface area (Å²) in [5, 5.41) is 8.78. The molecule has 0 radical (unpaired) electrons. The van der Waals surface area contributed by atoms with Gasteiger partial charge in [-0.3, -0.25) is 4.79 Å². The van der Waals surface area contributed by atoms with Crippen molar-refractivity contribution < 1.29 is 51.4 Å². The molecule has 2 bridgehead atoms. The Morgan fingerprint density at radius 2 is 1.24 bits per heavy atom.